The van der Waals surface area contributed by atoms with E-state index in [1.807, 2.05) is 60.7 Å². The van der Waals surface area contributed by atoms with Crippen LogP contribution >= 0.6 is 0 Å². The summed E-state index contributed by atoms with van der Waals surface area (Å²) in [5.74, 6) is -0.281. The van der Waals surface area contributed by atoms with Gasteiger partial charge in [-0.3, -0.25) is 19.2 Å². The summed E-state index contributed by atoms with van der Waals surface area (Å²) < 4.78 is 10.3. The number of amides is 2. The molecule has 0 bridgehead atoms. The minimum absolute atomic E-state index is 0.0125. The van der Waals surface area contributed by atoms with E-state index < -0.39 is 5.97 Å². The van der Waals surface area contributed by atoms with Gasteiger partial charge in [-0.1, -0.05) is 107 Å². The molecule has 0 spiro atoms. The van der Waals surface area contributed by atoms with Crippen molar-refractivity contribution in [1.29, 1.82) is 0 Å². The van der Waals surface area contributed by atoms with E-state index in [0.29, 0.717) is 55.1 Å². The fraction of sp³-hybridized carbons (Fsp3) is 0.171. The number of para-hydroxylation sites is 2. The van der Waals surface area contributed by atoms with Crippen molar-refractivity contribution in [2.24, 2.45) is 5.73 Å². The number of aliphatic carboxylic acids is 1. The SMILES string of the molecule is NCCNC(=O)c1cc(-c2ccccc2)on1.O=C(CCCNC(=O)c1cc(-c2ccccc2)on1)Cc1ccccc1O.O=C(O)Cc1ccccc1O. The van der Waals surface area contributed by atoms with E-state index in [1.165, 1.54) is 6.07 Å². The number of nitrogens with two attached hydrogens (primary N) is 1. The van der Waals surface area contributed by atoms with Crippen molar-refractivity contribution in [3.05, 3.63) is 144 Å². The van der Waals surface area contributed by atoms with E-state index in [9.17, 15) is 24.3 Å². The number of Topliss-reactive ketones (excluding diaryl/α,β-unsaturated/α-hetero) is 1. The Morgan fingerprint density at radius 3 is 1.49 bits per heavy atom. The Bertz CT molecular complexity index is 2130. The van der Waals surface area contributed by atoms with Crippen molar-refractivity contribution in [3.8, 4) is 34.1 Å². The molecule has 14 heteroatoms. The Kier molecular flexibility index (Phi) is 15.9. The number of rotatable bonds is 14. The molecule has 0 radical (unpaired) electrons. The number of hydrogen-bond donors (Lipinski definition) is 6. The van der Waals surface area contributed by atoms with Crippen LogP contribution in [0.3, 0.4) is 0 Å². The van der Waals surface area contributed by atoms with Crippen molar-refractivity contribution >= 4 is 23.6 Å². The highest BCUT2D eigenvalue weighted by atomic mass is 16.5. The first-order valence-corrected chi connectivity index (χ1v) is 17.2. The number of aromatic nitrogens is 2. The summed E-state index contributed by atoms with van der Waals surface area (Å²) >= 11 is 0. The Balaban J connectivity index is 0.000000204. The zero-order valence-corrected chi connectivity index (χ0v) is 29.8. The molecule has 0 fully saturated rings. The van der Waals surface area contributed by atoms with Crippen molar-refractivity contribution in [3.63, 3.8) is 0 Å². The Labute approximate surface area is 316 Å². The minimum atomic E-state index is -0.938. The number of phenolic OH excluding ortho intramolecular Hbond substituents is 2. The van der Waals surface area contributed by atoms with Crippen LogP contribution in [0.5, 0.6) is 11.5 Å². The van der Waals surface area contributed by atoms with Gasteiger partial charge in [0.25, 0.3) is 11.8 Å². The van der Waals surface area contributed by atoms with Gasteiger partial charge in [0.05, 0.1) is 6.42 Å². The molecule has 0 atom stereocenters. The number of benzene rings is 4. The minimum Gasteiger partial charge on any atom is -0.508 e. The van der Waals surface area contributed by atoms with Gasteiger partial charge in [0.2, 0.25) is 0 Å². The van der Waals surface area contributed by atoms with E-state index in [-0.39, 0.29) is 53.3 Å². The van der Waals surface area contributed by atoms with E-state index in [0.717, 1.165) is 11.1 Å². The molecule has 284 valence electrons. The number of nitrogens with zero attached hydrogens (tertiary/aromatic N) is 2. The van der Waals surface area contributed by atoms with Crippen molar-refractivity contribution in [1.82, 2.24) is 20.9 Å². The maximum absolute atomic E-state index is 12.1. The maximum Gasteiger partial charge on any atom is 0.307 e. The second-order valence-corrected chi connectivity index (χ2v) is 11.8. The monoisotopic (exact) mass is 747 g/mol. The van der Waals surface area contributed by atoms with Crippen LogP contribution in [0.25, 0.3) is 22.6 Å². The summed E-state index contributed by atoms with van der Waals surface area (Å²) in [6.45, 7) is 1.18. The molecule has 6 aromatic rings. The van der Waals surface area contributed by atoms with Crippen LogP contribution in [-0.4, -0.2) is 68.8 Å². The van der Waals surface area contributed by atoms with Crippen LogP contribution in [0.4, 0.5) is 0 Å². The number of ketones is 1. The molecule has 2 amide bonds. The van der Waals surface area contributed by atoms with Gasteiger partial charge in [-0.2, -0.15) is 0 Å². The van der Waals surface area contributed by atoms with Crippen LogP contribution in [0.2, 0.25) is 0 Å². The van der Waals surface area contributed by atoms with Gasteiger partial charge in [-0.15, -0.1) is 0 Å². The summed E-state index contributed by atoms with van der Waals surface area (Å²) in [6, 6.07) is 35.3. The summed E-state index contributed by atoms with van der Waals surface area (Å²) in [5, 5.41) is 40.0. The topological polar surface area (TPSA) is 231 Å². The molecule has 4 aromatic carbocycles. The number of carbonyl (C=O) groups excluding carboxylic acids is 3. The van der Waals surface area contributed by atoms with Crippen molar-refractivity contribution < 1.29 is 43.5 Å². The number of carboxylic acid groups (broad SMARTS) is 1. The highest BCUT2D eigenvalue weighted by molar-refractivity contribution is 5.93. The largest absolute Gasteiger partial charge is 0.508 e. The molecule has 0 saturated carbocycles. The fourth-order valence-corrected chi connectivity index (χ4v) is 4.88. The lowest BCUT2D eigenvalue weighted by Crippen LogP contribution is -2.29. The first-order valence-electron chi connectivity index (χ1n) is 17.2. The third-order valence-electron chi connectivity index (χ3n) is 7.66. The third kappa shape index (κ3) is 13.5. The zero-order chi connectivity index (χ0) is 39.4. The zero-order valence-electron chi connectivity index (χ0n) is 29.8. The second kappa shape index (κ2) is 21.5. The predicted molar refractivity (Wildman–Crippen MR) is 203 cm³/mol. The molecule has 2 heterocycles. The summed E-state index contributed by atoms with van der Waals surface area (Å²) in [4.78, 5) is 45.9. The molecule has 0 aliphatic heterocycles. The first kappa shape index (κ1) is 40.7. The normalized spacial score (nSPS) is 10.2. The van der Waals surface area contributed by atoms with E-state index >= 15 is 0 Å². The lowest BCUT2D eigenvalue weighted by Gasteiger charge is -2.04. The lowest BCUT2D eigenvalue weighted by molar-refractivity contribution is -0.136. The molecular formula is C41H41N5O9. The number of hydrogen-bond acceptors (Lipinski definition) is 11. The van der Waals surface area contributed by atoms with Crippen LogP contribution in [0, 0.1) is 0 Å². The molecule has 0 aliphatic rings. The van der Waals surface area contributed by atoms with Gasteiger partial charge in [0.1, 0.15) is 17.3 Å². The van der Waals surface area contributed by atoms with Gasteiger partial charge >= 0.3 is 5.97 Å². The van der Waals surface area contributed by atoms with Gasteiger partial charge in [0.15, 0.2) is 22.9 Å². The Hall–Kier alpha value is -7.06. The number of carboxylic acids is 1. The van der Waals surface area contributed by atoms with Crippen LogP contribution in [0.1, 0.15) is 44.9 Å². The Morgan fingerprint density at radius 2 is 1.04 bits per heavy atom. The molecule has 0 unspecified atom stereocenters. The first-order chi connectivity index (χ1) is 26.6. The average Bonchev–Trinajstić information content (AvgIpc) is 3.90. The molecule has 55 heavy (non-hydrogen) atoms. The standard InChI is InChI=1S/C21H20N2O4.C12H13N3O2.C8H8O3/c24-17(13-16-9-4-5-11-19(16)25)10-6-12-22-21(26)18-14-20(27-23-18)15-7-2-1-3-8-15;13-6-7-14-12(16)10-8-11(17-15-10)9-4-2-1-3-5-9;9-7-4-2-1-3-6(7)5-8(10)11/h1-5,7-9,11,14,25H,6,10,12-13H2,(H,22,26);1-5,8H,6-7,13H2,(H,14,16);1-4,9H,5H2,(H,10,11). The summed E-state index contributed by atoms with van der Waals surface area (Å²) in [6.07, 6.45) is 0.890. The number of carbonyl (C=O) groups is 4. The van der Waals surface area contributed by atoms with Gasteiger partial charge in [-0.05, 0) is 18.6 Å². The molecule has 2 aromatic heterocycles. The summed E-state index contributed by atoms with van der Waals surface area (Å²) in [7, 11) is 0. The molecular weight excluding hydrogens is 706 g/mol. The fourth-order valence-electron chi connectivity index (χ4n) is 4.88. The van der Waals surface area contributed by atoms with Crippen molar-refractivity contribution in [2.45, 2.75) is 25.7 Å². The lowest BCUT2D eigenvalue weighted by atomic mass is 10.0. The average molecular weight is 748 g/mol. The molecule has 0 saturated heterocycles. The number of aromatic hydroxyl groups is 2. The van der Waals surface area contributed by atoms with Crippen LogP contribution < -0.4 is 16.4 Å². The second-order valence-electron chi connectivity index (χ2n) is 11.8. The van der Waals surface area contributed by atoms with Gasteiger partial charge < -0.3 is 40.7 Å². The van der Waals surface area contributed by atoms with Gasteiger partial charge in [-0.25, -0.2) is 0 Å². The molecule has 0 aliphatic carbocycles. The Morgan fingerprint density at radius 1 is 0.600 bits per heavy atom. The van der Waals surface area contributed by atoms with Gasteiger partial charge in [0, 0.05) is 66.9 Å². The molecule has 7 N–H and O–H groups in total. The molecule has 6 rings (SSSR count). The quantitative estimate of drug-likeness (QED) is 0.0768. The summed E-state index contributed by atoms with van der Waals surface area (Å²) in [5.41, 5.74) is 8.55. The highest BCUT2D eigenvalue weighted by Gasteiger charge is 2.15. The third-order valence-corrected chi connectivity index (χ3v) is 7.66. The van der Waals surface area contributed by atoms with Crippen LogP contribution in [-0.2, 0) is 22.4 Å². The van der Waals surface area contributed by atoms with Crippen LogP contribution in [0.15, 0.2) is 130 Å². The smallest absolute Gasteiger partial charge is 0.307 e. The van der Waals surface area contributed by atoms with E-state index in [2.05, 4.69) is 20.9 Å². The van der Waals surface area contributed by atoms with E-state index in [4.69, 9.17) is 25.0 Å². The highest BCUT2D eigenvalue weighted by Crippen LogP contribution is 2.21. The van der Waals surface area contributed by atoms with E-state index in [1.54, 1.807) is 54.6 Å². The maximum atomic E-state index is 12.1. The van der Waals surface area contributed by atoms with Crippen molar-refractivity contribution in [2.75, 3.05) is 19.6 Å². The number of phenols is 2. The number of nitrogens with one attached hydrogen (secondary N) is 2. The molecule has 14 nitrogen and oxygen atoms in total. The predicted octanol–water partition coefficient (Wildman–Crippen LogP) is 5.42.